The van der Waals surface area contributed by atoms with Crippen LogP contribution in [0.25, 0.3) is 0 Å². The van der Waals surface area contributed by atoms with Crippen LogP contribution in [-0.4, -0.2) is 46.1 Å². The topological polar surface area (TPSA) is 21.7 Å². The molecule has 0 saturated carbocycles. The van der Waals surface area contributed by atoms with E-state index in [0.29, 0.717) is 0 Å². The van der Waals surface area contributed by atoms with Gasteiger partial charge in [-0.15, -0.1) is 0 Å². The van der Waals surface area contributed by atoms with Gasteiger partial charge >= 0.3 is 0 Å². The third-order valence-corrected chi connectivity index (χ3v) is 5.84. The van der Waals surface area contributed by atoms with Gasteiger partial charge in [-0.05, 0) is 44.2 Å². The molecule has 1 aliphatic rings. The number of morpholine rings is 1. The SMILES string of the molecule is C[Si](C)(CCCN1CCOCC1)Oc1ccccc1. The van der Waals surface area contributed by atoms with E-state index >= 15 is 0 Å². The summed E-state index contributed by atoms with van der Waals surface area (Å²) >= 11 is 0. The Hall–Kier alpha value is -0.843. The van der Waals surface area contributed by atoms with Gasteiger partial charge in [0, 0.05) is 13.1 Å². The predicted molar refractivity (Wildman–Crippen MR) is 81.2 cm³/mol. The highest BCUT2D eigenvalue weighted by molar-refractivity contribution is 6.71. The van der Waals surface area contributed by atoms with Gasteiger partial charge < -0.3 is 9.16 Å². The summed E-state index contributed by atoms with van der Waals surface area (Å²) in [6.07, 6.45) is 1.23. The van der Waals surface area contributed by atoms with E-state index in [4.69, 9.17) is 9.16 Å². The molecule has 0 aromatic heterocycles. The molecule has 0 radical (unpaired) electrons. The fourth-order valence-electron chi connectivity index (χ4n) is 2.41. The number of hydrogen-bond donors (Lipinski definition) is 0. The average Bonchev–Trinajstić information content (AvgIpc) is 2.40. The summed E-state index contributed by atoms with van der Waals surface area (Å²) in [5, 5.41) is 0. The first-order valence-electron chi connectivity index (χ1n) is 7.20. The monoisotopic (exact) mass is 279 g/mol. The van der Waals surface area contributed by atoms with Crippen molar-refractivity contribution >= 4 is 8.32 Å². The number of nitrogens with zero attached hydrogens (tertiary/aromatic N) is 1. The Morgan fingerprint density at radius 1 is 1.16 bits per heavy atom. The fourth-order valence-corrected chi connectivity index (χ4v) is 4.30. The molecule has 1 aliphatic heterocycles. The zero-order valence-corrected chi connectivity index (χ0v) is 13.1. The van der Waals surface area contributed by atoms with Crippen molar-refractivity contribution in [2.75, 3.05) is 32.8 Å². The van der Waals surface area contributed by atoms with Gasteiger partial charge in [0.15, 0.2) is 0 Å². The van der Waals surface area contributed by atoms with Gasteiger partial charge in [0.1, 0.15) is 5.75 Å². The molecule has 1 saturated heterocycles. The van der Waals surface area contributed by atoms with Gasteiger partial charge in [0.25, 0.3) is 0 Å². The van der Waals surface area contributed by atoms with Gasteiger partial charge in [-0.2, -0.15) is 0 Å². The van der Waals surface area contributed by atoms with Crippen LogP contribution in [0, 0.1) is 0 Å². The minimum absolute atomic E-state index is 0.890. The fraction of sp³-hybridized carbons (Fsp3) is 0.600. The summed E-state index contributed by atoms with van der Waals surface area (Å²) in [5.74, 6) is 1.02. The summed E-state index contributed by atoms with van der Waals surface area (Å²) in [6, 6.07) is 11.4. The Kier molecular flexibility index (Phi) is 5.42. The molecule has 106 valence electrons. The van der Waals surface area contributed by atoms with Crippen molar-refractivity contribution in [3.63, 3.8) is 0 Å². The molecule has 0 spiro atoms. The molecule has 1 aromatic carbocycles. The van der Waals surface area contributed by atoms with Gasteiger partial charge in [0.2, 0.25) is 8.32 Å². The third kappa shape index (κ3) is 5.34. The minimum Gasteiger partial charge on any atom is -0.544 e. The molecule has 0 aliphatic carbocycles. The lowest BCUT2D eigenvalue weighted by Gasteiger charge is -2.28. The standard InChI is InChI=1S/C15H25NO2Si/c1-19(2,18-15-7-4-3-5-8-15)14-6-9-16-10-12-17-13-11-16/h3-5,7-8H,6,9-14H2,1-2H3. The zero-order chi connectivity index (χ0) is 13.6. The summed E-state index contributed by atoms with van der Waals surface area (Å²) in [5.41, 5.74) is 0. The quantitative estimate of drug-likeness (QED) is 0.747. The molecule has 19 heavy (non-hydrogen) atoms. The van der Waals surface area contributed by atoms with Crippen LogP contribution in [0.4, 0.5) is 0 Å². The third-order valence-electron chi connectivity index (χ3n) is 3.49. The first-order valence-corrected chi connectivity index (χ1v) is 10.3. The highest BCUT2D eigenvalue weighted by atomic mass is 28.4. The van der Waals surface area contributed by atoms with Crippen molar-refractivity contribution in [3.8, 4) is 5.75 Å². The molecule has 0 atom stereocenters. The van der Waals surface area contributed by atoms with Crippen LogP contribution in [0.2, 0.25) is 19.1 Å². The zero-order valence-electron chi connectivity index (χ0n) is 12.1. The van der Waals surface area contributed by atoms with Gasteiger partial charge in [-0.1, -0.05) is 18.2 Å². The Morgan fingerprint density at radius 3 is 2.53 bits per heavy atom. The Morgan fingerprint density at radius 2 is 1.84 bits per heavy atom. The largest absolute Gasteiger partial charge is 0.544 e. The number of benzene rings is 1. The number of para-hydroxylation sites is 1. The number of rotatable bonds is 6. The average molecular weight is 279 g/mol. The summed E-state index contributed by atoms with van der Waals surface area (Å²) in [7, 11) is -1.59. The molecule has 1 heterocycles. The van der Waals surface area contributed by atoms with E-state index < -0.39 is 8.32 Å². The van der Waals surface area contributed by atoms with E-state index in [-0.39, 0.29) is 0 Å². The van der Waals surface area contributed by atoms with E-state index in [2.05, 4.69) is 30.1 Å². The Balaban J connectivity index is 1.71. The molecule has 2 rings (SSSR count). The molecule has 4 heteroatoms. The first kappa shape index (κ1) is 14.6. The molecule has 0 bridgehead atoms. The Bertz CT molecular complexity index is 364. The second-order valence-corrected chi connectivity index (χ2v) is 9.96. The molecule has 3 nitrogen and oxygen atoms in total. The Labute approximate surface area is 117 Å². The van der Waals surface area contributed by atoms with E-state index in [1.54, 1.807) is 0 Å². The van der Waals surface area contributed by atoms with Crippen molar-refractivity contribution < 1.29 is 9.16 Å². The maximum Gasteiger partial charge on any atom is 0.245 e. The van der Waals surface area contributed by atoms with Crippen molar-refractivity contribution in [1.82, 2.24) is 4.90 Å². The first-order chi connectivity index (χ1) is 9.16. The lowest BCUT2D eigenvalue weighted by Crippen LogP contribution is -2.39. The molecule has 0 N–H and O–H groups in total. The molecular formula is C15H25NO2Si. The van der Waals surface area contributed by atoms with E-state index in [1.165, 1.54) is 19.0 Å². The molecule has 1 aromatic rings. The van der Waals surface area contributed by atoms with E-state index in [1.807, 2.05) is 18.2 Å². The second kappa shape index (κ2) is 7.08. The predicted octanol–water partition coefficient (Wildman–Crippen LogP) is 2.99. The maximum absolute atomic E-state index is 6.19. The summed E-state index contributed by atoms with van der Waals surface area (Å²) in [4.78, 5) is 2.50. The lowest BCUT2D eigenvalue weighted by molar-refractivity contribution is 0.0379. The number of ether oxygens (including phenoxy) is 1. The van der Waals surface area contributed by atoms with Crippen LogP contribution in [0.3, 0.4) is 0 Å². The highest BCUT2D eigenvalue weighted by Gasteiger charge is 2.24. The van der Waals surface area contributed by atoms with Crippen molar-refractivity contribution in [2.24, 2.45) is 0 Å². The molecule has 0 amide bonds. The van der Waals surface area contributed by atoms with Crippen LogP contribution >= 0.6 is 0 Å². The maximum atomic E-state index is 6.19. The minimum atomic E-state index is -1.59. The molecular weight excluding hydrogens is 254 g/mol. The van der Waals surface area contributed by atoms with E-state index in [9.17, 15) is 0 Å². The molecule has 1 fully saturated rings. The normalized spacial score (nSPS) is 17.4. The van der Waals surface area contributed by atoms with Gasteiger partial charge in [-0.25, -0.2) is 0 Å². The van der Waals surface area contributed by atoms with Crippen LogP contribution < -0.4 is 4.43 Å². The van der Waals surface area contributed by atoms with Crippen LogP contribution in [0.5, 0.6) is 5.75 Å². The van der Waals surface area contributed by atoms with Gasteiger partial charge in [0.05, 0.1) is 13.2 Å². The van der Waals surface area contributed by atoms with Crippen molar-refractivity contribution in [1.29, 1.82) is 0 Å². The van der Waals surface area contributed by atoms with Crippen LogP contribution in [0.15, 0.2) is 30.3 Å². The summed E-state index contributed by atoms with van der Waals surface area (Å²) < 4.78 is 11.6. The van der Waals surface area contributed by atoms with Crippen molar-refractivity contribution in [2.45, 2.75) is 25.6 Å². The second-order valence-electron chi connectivity index (χ2n) is 5.73. The highest BCUT2D eigenvalue weighted by Crippen LogP contribution is 2.19. The van der Waals surface area contributed by atoms with Gasteiger partial charge in [-0.3, -0.25) is 4.90 Å². The van der Waals surface area contributed by atoms with Crippen LogP contribution in [0.1, 0.15) is 6.42 Å². The van der Waals surface area contributed by atoms with E-state index in [0.717, 1.165) is 32.1 Å². The summed E-state index contributed by atoms with van der Waals surface area (Å²) in [6.45, 7) is 9.74. The lowest BCUT2D eigenvalue weighted by atomic mass is 10.3. The van der Waals surface area contributed by atoms with Crippen molar-refractivity contribution in [3.05, 3.63) is 30.3 Å². The number of hydrogen-bond acceptors (Lipinski definition) is 3. The smallest absolute Gasteiger partial charge is 0.245 e. The van der Waals surface area contributed by atoms with Crippen LogP contribution in [-0.2, 0) is 4.74 Å². The molecule has 0 unspecified atom stereocenters.